The molecule has 2 nitrogen and oxygen atoms in total. The number of hydrogen-bond acceptors (Lipinski definition) is 2. The van der Waals surface area contributed by atoms with Crippen LogP contribution in [0, 0.1) is 11.3 Å². The molecule has 0 aliphatic carbocycles. The molecule has 0 heterocycles. The summed E-state index contributed by atoms with van der Waals surface area (Å²) in [7, 11) is 0. The summed E-state index contributed by atoms with van der Waals surface area (Å²) in [6.45, 7) is 0. The maximum absolute atomic E-state index is 8.16. The number of nitriles is 1. The quantitative estimate of drug-likeness (QED) is 0.479. The monoisotopic (exact) mass is 204 g/mol. The molecule has 0 N–H and O–H groups in total. The highest BCUT2D eigenvalue weighted by Crippen LogP contribution is 2.24. The summed E-state index contributed by atoms with van der Waals surface area (Å²) in [5.41, 5.74) is 0. The van der Waals surface area contributed by atoms with Crippen LogP contribution in [0.2, 0.25) is 0 Å². The van der Waals surface area contributed by atoms with Crippen LogP contribution in [-0.2, 0) is 0 Å². The second kappa shape index (κ2) is 3.48. The van der Waals surface area contributed by atoms with Crippen molar-refractivity contribution in [3.05, 3.63) is 0 Å². The molecule has 0 aromatic carbocycles. The molecule has 0 aliphatic heterocycles. The van der Waals surface area contributed by atoms with Crippen molar-refractivity contribution in [3.8, 4) is 6.07 Å². The molecule has 0 radical (unpaired) electrons. The van der Waals surface area contributed by atoms with Gasteiger partial charge in [0.15, 0.2) is 5.17 Å². The van der Waals surface area contributed by atoms with Crippen LogP contribution in [0.1, 0.15) is 0 Å². The molecule has 0 aromatic rings. The maximum Gasteiger partial charge on any atom is 0.256 e. The molecule has 0 aliphatic rings. The first-order chi connectivity index (χ1) is 4.04. The lowest BCUT2D eigenvalue weighted by molar-refractivity contribution is 1.34. The zero-order valence-corrected chi connectivity index (χ0v) is 6.93. The Morgan fingerprint density at radius 2 is 2.00 bits per heavy atom. The third-order valence-electron chi connectivity index (χ3n) is 0.474. The fraction of sp³-hybridized carbons (Fsp3) is 0.333. The van der Waals surface area contributed by atoms with E-state index in [9.17, 15) is 0 Å². The molecule has 0 saturated heterocycles. The molecule has 0 rings (SSSR count). The van der Waals surface area contributed by atoms with Crippen LogP contribution in [0.5, 0.6) is 0 Å². The summed E-state index contributed by atoms with van der Waals surface area (Å²) in [4.78, 5) is 0. The minimum Gasteiger partial charge on any atom is -0.194 e. The molecule has 0 atom stereocenters. The van der Waals surface area contributed by atoms with Gasteiger partial charge in [-0.05, 0) is 0 Å². The highest BCUT2D eigenvalue weighted by molar-refractivity contribution is 6.81. The van der Waals surface area contributed by atoms with Crippen molar-refractivity contribution < 1.29 is 0 Å². The van der Waals surface area contributed by atoms with E-state index in [1.165, 1.54) is 6.07 Å². The van der Waals surface area contributed by atoms with Crippen molar-refractivity contribution in [3.63, 3.8) is 0 Å². The van der Waals surface area contributed by atoms with E-state index in [2.05, 4.69) is 4.51 Å². The van der Waals surface area contributed by atoms with E-state index < -0.39 is 4.33 Å². The van der Waals surface area contributed by atoms with Crippen LogP contribution in [0.15, 0.2) is 4.51 Å². The lowest BCUT2D eigenvalue weighted by Crippen LogP contribution is -2.17. The molecule has 0 spiro atoms. The van der Waals surface area contributed by atoms with Crippen LogP contribution >= 0.6 is 46.6 Å². The van der Waals surface area contributed by atoms with E-state index in [-0.39, 0.29) is 5.17 Å². The van der Waals surface area contributed by atoms with Gasteiger partial charge < -0.3 is 0 Å². The van der Waals surface area contributed by atoms with Gasteiger partial charge in [0.2, 0.25) is 0 Å². The van der Waals surface area contributed by atoms with Crippen LogP contribution in [0.4, 0.5) is 0 Å². The van der Waals surface area contributed by atoms with Crippen molar-refractivity contribution in [2.75, 3.05) is 0 Å². The Labute approximate surface area is 72.1 Å². The summed E-state index contributed by atoms with van der Waals surface area (Å²) >= 11 is 20.5. The Balaban J connectivity index is 4.39. The molecular weight excluding hydrogens is 206 g/mol. The Morgan fingerprint density at radius 3 is 2.11 bits per heavy atom. The average Bonchev–Trinajstić information content (AvgIpc) is 1.86. The summed E-state index contributed by atoms with van der Waals surface area (Å²) < 4.78 is 1.08. The van der Waals surface area contributed by atoms with Crippen LogP contribution < -0.4 is 0 Å². The molecular formula is C3Cl4N2. The van der Waals surface area contributed by atoms with Gasteiger partial charge in [-0.25, -0.2) is 0 Å². The zero-order valence-electron chi connectivity index (χ0n) is 3.91. The number of nitrogens with zero attached hydrogens (tertiary/aromatic N) is 2. The predicted molar refractivity (Wildman–Crippen MR) is 39.2 cm³/mol. The molecule has 9 heavy (non-hydrogen) atoms. The summed E-state index contributed by atoms with van der Waals surface area (Å²) in [6.07, 6.45) is 0. The summed E-state index contributed by atoms with van der Waals surface area (Å²) in [5, 5.41) is 7.81. The lowest BCUT2D eigenvalue weighted by atomic mass is 10.5. The van der Waals surface area contributed by atoms with Gasteiger partial charge >= 0.3 is 0 Å². The molecule has 50 valence electrons. The minimum absolute atomic E-state index is 0.352. The fourth-order valence-corrected chi connectivity index (χ4v) is 0.439. The van der Waals surface area contributed by atoms with E-state index in [1.807, 2.05) is 0 Å². The third kappa shape index (κ3) is 2.59. The van der Waals surface area contributed by atoms with Gasteiger partial charge in [0, 0.05) is 11.8 Å². The number of halogens is 4. The lowest BCUT2D eigenvalue weighted by Gasteiger charge is -2.03. The van der Waals surface area contributed by atoms with E-state index in [0.29, 0.717) is 0 Å². The van der Waals surface area contributed by atoms with E-state index in [4.69, 9.17) is 51.8 Å². The number of hydrogen-bond donors (Lipinski definition) is 0. The van der Waals surface area contributed by atoms with Crippen molar-refractivity contribution >= 4 is 51.8 Å². The van der Waals surface area contributed by atoms with Crippen molar-refractivity contribution in [2.45, 2.75) is 4.33 Å². The van der Waals surface area contributed by atoms with Crippen molar-refractivity contribution in [1.82, 2.24) is 0 Å². The number of alkyl halides is 2. The van der Waals surface area contributed by atoms with Crippen LogP contribution in [0.3, 0.4) is 0 Å². The highest BCUT2D eigenvalue weighted by atomic mass is 35.5. The van der Waals surface area contributed by atoms with Crippen molar-refractivity contribution in [2.24, 2.45) is 4.51 Å². The van der Waals surface area contributed by atoms with Gasteiger partial charge in [0.1, 0.15) is 6.07 Å². The molecule has 0 aromatic heterocycles. The standard InChI is InChI=1S/C3Cl4N2/c4-2(9-7)3(5,6)1-8/b9-2-. The summed E-state index contributed by atoms with van der Waals surface area (Å²) in [5.74, 6) is 0. The Morgan fingerprint density at radius 1 is 1.56 bits per heavy atom. The molecule has 0 unspecified atom stereocenters. The first kappa shape index (κ1) is 9.32. The fourth-order valence-electron chi connectivity index (χ4n) is 0.0992. The Bertz CT molecular complexity index is 167. The van der Waals surface area contributed by atoms with Crippen LogP contribution in [0.25, 0.3) is 0 Å². The van der Waals surface area contributed by atoms with Gasteiger partial charge in [-0.15, -0.1) is 0 Å². The van der Waals surface area contributed by atoms with Crippen molar-refractivity contribution in [1.29, 1.82) is 5.26 Å². The van der Waals surface area contributed by atoms with E-state index in [1.54, 1.807) is 0 Å². The molecule has 0 amide bonds. The molecule has 0 saturated carbocycles. The Hall–Kier alpha value is 0.320. The summed E-state index contributed by atoms with van der Waals surface area (Å²) in [6, 6.07) is 1.48. The first-order valence-electron chi connectivity index (χ1n) is 1.68. The van der Waals surface area contributed by atoms with Gasteiger partial charge in [-0.2, -0.15) is 9.77 Å². The topological polar surface area (TPSA) is 36.1 Å². The van der Waals surface area contributed by atoms with E-state index >= 15 is 0 Å². The SMILES string of the molecule is N#CC(Cl)(Cl)/C(Cl)=N/Cl. The minimum atomic E-state index is -1.82. The first-order valence-corrected chi connectivity index (χ1v) is 3.16. The largest absolute Gasteiger partial charge is 0.256 e. The third-order valence-corrected chi connectivity index (χ3v) is 1.82. The zero-order chi connectivity index (χ0) is 7.49. The highest BCUT2D eigenvalue weighted by Gasteiger charge is 2.29. The second-order valence-electron chi connectivity index (χ2n) is 1.06. The van der Waals surface area contributed by atoms with Gasteiger partial charge in [0.25, 0.3) is 4.33 Å². The molecule has 6 heteroatoms. The van der Waals surface area contributed by atoms with Gasteiger partial charge in [0.05, 0.1) is 0 Å². The van der Waals surface area contributed by atoms with Gasteiger partial charge in [-0.1, -0.05) is 34.8 Å². The normalized spacial score (nSPS) is 13.0. The maximum atomic E-state index is 8.16. The number of rotatable bonds is 1. The molecule has 0 fully saturated rings. The van der Waals surface area contributed by atoms with Gasteiger partial charge in [-0.3, -0.25) is 0 Å². The second-order valence-corrected chi connectivity index (χ2v) is 2.92. The molecule has 0 bridgehead atoms. The smallest absolute Gasteiger partial charge is 0.194 e. The van der Waals surface area contributed by atoms with E-state index in [0.717, 1.165) is 0 Å². The average molecular weight is 206 g/mol. The Kier molecular flexibility index (Phi) is 3.60. The van der Waals surface area contributed by atoms with Crippen LogP contribution in [-0.4, -0.2) is 9.50 Å². The predicted octanol–water partition coefficient (Wildman–Crippen LogP) is 2.47.